The third kappa shape index (κ3) is 2.85. The highest BCUT2D eigenvalue weighted by atomic mass is 16.5. The van der Waals surface area contributed by atoms with Gasteiger partial charge >= 0.3 is 0 Å². The summed E-state index contributed by atoms with van der Waals surface area (Å²) in [6, 6.07) is 8.50. The van der Waals surface area contributed by atoms with Crippen molar-refractivity contribution in [3.05, 3.63) is 36.2 Å². The summed E-state index contributed by atoms with van der Waals surface area (Å²) in [5, 5.41) is 3.48. The summed E-state index contributed by atoms with van der Waals surface area (Å²) < 4.78 is 5.65. The first kappa shape index (κ1) is 13.2. The molecule has 0 spiro atoms. The lowest BCUT2D eigenvalue weighted by Gasteiger charge is -2.09. The molecule has 1 aromatic heterocycles. The number of aromatic amines is 1. The summed E-state index contributed by atoms with van der Waals surface area (Å²) in [4.78, 5) is 7.90. The summed E-state index contributed by atoms with van der Waals surface area (Å²) in [5.74, 6) is 1.82. The third-order valence-corrected chi connectivity index (χ3v) is 3.53. The predicted octanol–water partition coefficient (Wildman–Crippen LogP) is 3.29. The number of H-pyrrole nitrogens is 1. The summed E-state index contributed by atoms with van der Waals surface area (Å²) in [7, 11) is 0. The maximum Gasteiger partial charge on any atom is 0.137 e. The van der Waals surface area contributed by atoms with Crippen molar-refractivity contribution in [3.8, 4) is 17.1 Å². The number of nitrogens with one attached hydrogen (secondary N) is 2. The largest absolute Gasteiger partial charge is 0.491 e. The van der Waals surface area contributed by atoms with Crippen molar-refractivity contribution >= 4 is 0 Å². The molecule has 1 aromatic carbocycles. The Hall–Kier alpha value is -1.81. The fourth-order valence-corrected chi connectivity index (χ4v) is 2.57. The smallest absolute Gasteiger partial charge is 0.137 e. The number of benzene rings is 1. The van der Waals surface area contributed by atoms with Crippen LogP contribution in [-0.2, 0) is 0 Å². The second-order valence-corrected chi connectivity index (χ2v) is 5.53. The maximum absolute atomic E-state index is 5.65. The fraction of sp³-hybridized carbons (Fsp3) is 0.438. The Labute approximate surface area is 119 Å². The van der Waals surface area contributed by atoms with Gasteiger partial charge in [0.25, 0.3) is 0 Å². The Morgan fingerprint density at radius 2 is 2.05 bits per heavy atom. The molecule has 2 N–H and O–H groups in total. The second kappa shape index (κ2) is 5.67. The van der Waals surface area contributed by atoms with Crippen LogP contribution in [-0.4, -0.2) is 22.6 Å². The van der Waals surface area contributed by atoms with E-state index in [1.165, 1.54) is 18.5 Å². The van der Waals surface area contributed by atoms with E-state index in [0.29, 0.717) is 6.04 Å². The molecule has 2 heterocycles. The summed E-state index contributed by atoms with van der Waals surface area (Å²) in [5.41, 5.74) is 2.27. The highest BCUT2D eigenvalue weighted by Crippen LogP contribution is 2.25. The number of imidazole rings is 1. The molecule has 106 valence electrons. The van der Waals surface area contributed by atoms with E-state index >= 15 is 0 Å². The van der Waals surface area contributed by atoms with Crippen molar-refractivity contribution in [1.82, 2.24) is 15.3 Å². The van der Waals surface area contributed by atoms with Gasteiger partial charge in [-0.3, -0.25) is 0 Å². The van der Waals surface area contributed by atoms with E-state index in [-0.39, 0.29) is 6.10 Å². The maximum atomic E-state index is 5.65. The van der Waals surface area contributed by atoms with Crippen LogP contribution < -0.4 is 10.1 Å². The number of nitrogens with zero attached hydrogens (tertiary/aromatic N) is 1. The van der Waals surface area contributed by atoms with Gasteiger partial charge in [0.15, 0.2) is 0 Å². The lowest BCUT2D eigenvalue weighted by atomic mass is 10.2. The molecule has 0 saturated carbocycles. The van der Waals surface area contributed by atoms with Gasteiger partial charge in [-0.05, 0) is 57.5 Å². The molecule has 1 aliphatic heterocycles. The summed E-state index contributed by atoms with van der Waals surface area (Å²) >= 11 is 0. The molecular formula is C16H21N3O. The normalized spacial score (nSPS) is 18.6. The Kier molecular flexibility index (Phi) is 3.74. The summed E-state index contributed by atoms with van der Waals surface area (Å²) in [6.45, 7) is 5.16. The van der Waals surface area contributed by atoms with Crippen molar-refractivity contribution in [1.29, 1.82) is 0 Å². The average molecular weight is 271 g/mol. The predicted molar refractivity (Wildman–Crippen MR) is 79.8 cm³/mol. The molecule has 4 heteroatoms. The van der Waals surface area contributed by atoms with E-state index < -0.39 is 0 Å². The summed E-state index contributed by atoms with van der Waals surface area (Å²) in [6.07, 6.45) is 4.56. The highest BCUT2D eigenvalue weighted by molar-refractivity contribution is 5.56. The minimum atomic E-state index is 0.199. The third-order valence-electron chi connectivity index (χ3n) is 3.53. The van der Waals surface area contributed by atoms with Gasteiger partial charge < -0.3 is 15.0 Å². The van der Waals surface area contributed by atoms with Crippen molar-refractivity contribution < 1.29 is 4.74 Å². The average Bonchev–Trinajstić information content (AvgIpc) is 3.10. The standard InChI is InChI=1S/C16H21N3O/c1-11(2)20-13-7-5-12(6-8-13)16-18-10-15(19-16)14-4-3-9-17-14/h5-8,10-11,14,17H,3-4,9H2,1-2H3,(H,18,19). The van der Waals surface area contributed by atoms with Gasteiger partial charge in [0, 0.05) is 11.6 Å². The number of hydrogen-bond acceptors (Lipinski definition) is 3. The van der Waals surface area contributed by atoms with Gasteiger partial charge in [-0.2, -0.15) is 0 Å². The zero-order chi connectivity index (χ0) is 13.9. The highest BCUT2D eigenvalue weighted by Gasteiger charge is 2.18. The van der Waals surface area contributed by atoms with Crippen LogP contribution >= 0.6 is 0 Å². The first-order chi connectivity index (χ1) is 9.72. The molecule has 4 nitrogen and oxygen atoms in total. The Morgan fingerprint density at radius 3 is 2.70 bits per heavy atom. The van der Waals surface area contributed by atoms with Crippen molar-refractivity contribution in [3.63, 3.8) is 0 Å². The van der Waals surface area contributed by atoms with E-state index in [1.807, 2.05) is 44.3 Å². The van der Waals surface area contributed by atoms with Crippen LogP contribution in [0.5, 0.6) is 5.75 Å². The van der Waals surface area contributed by atoms with Gasteiger partial charge in [0.05, 0.1) is 18.0 Å². The molecule has 2 aromatic rings. The van der Waals surface area contributed by atoms with Crippen molar-refractivity contribution in [2.45, 2.75) is 38.8 Å². The van der Waals surface area contributed by atoms with Crippen molar-refractivity contribution in [2.24, 2.45) is 0 Å². The Bertz CT molecular complexity index is 553. The Balaban J connectivity index is 1.75. The van der Waals surface area contributed by atoms with Crippen molar-refractivity contribution in [2.75, 3.05) is 6.54 Å². The van der Waals surface area contributed by atoms with Gasteiger partial charge in [0.2, 0.25) is 0 Å². The zero-order valence-corrected chi connectivity index (χ0v) is 12.0. The number of ether oxygens (including phenoxy) is 1. The fourth-order valence-electron chi connectivity index (χ4n) is 2.57. The lowest BCUT2D eigenvalue weighted by molar-refractivity contribution is 0.242. The van der Waals surface area contributed by atoms with E-state index in [1.54, 1.807) is 0 Å². The van der Waals surface area contributed by atoms with Crippen LogP contribution in [0.1, 0.15) is 38.4 Å². The molecule has 1 fully saturated rings. The van der Waals surface area contributed by atoms with E-state index in [0.717, 1.165) is 23.7 Å². The first-order valence-electron chi connectivity index (χ1n) is 7.28. The second-order valence-electron chi connectivity index (χ2n) is 5.53. The molecule has 1 aliphatic rings. The van der Waals surface area contributed by atoms with Crippen LogP contribution in [0.25, 0.3) is 11.4 Å². The molecule has 1 atom stereocenters. The van der Waals surface area contributed by atoms with E-state index in [9.17, 15) is 0 Å². The number of rotatable bonds is 4. The first-order valence-corrected chi connectivity index (χ1v) is 7.28. The number of aromatic nitrogens is 2. The van der Waals surface area contributed by atoms with Crippen LogP contribution in [0.3, 0.4) is 0 Å². The molecule has 1 unspecified atom stereocenters. The lowest BCUT2D eigenvalue weighted by Crippen LogP contribution is -2.12. The molecule has 3 rings (SSSR count). The minimum Gasteiger partial charge on any atom is -0.491 e. The minimum absolute atomic E-state index is 0.199. The van der Waals surface area contributed by atoms with E-state index in [2.05, 4.69) is 15.3 Å². The molecule has 20 heavy (non-hydrogen) atoms. The van der Waals surface area contributed by atoms with Crippen LogP contribution in [0.2, 0.25) is 0 Å². The number of hydrogen-bond donors (Lipinski definition) is 2. The molecule has 0 amide bonds. The molecule has 0 radical (unpaired) electrons. The Morgan fingerprint density at radius 1 is 1.25 bits per heavy atom. The molecule has 0 aliphatic carbocycles. The zero-order valence-electron chi connectivity index (χ0n) is 12.0. The van der Waals surface area contributed by atoms with Gasteiger partial charge in [-0.15, -0.1) is 0 Å². The molecular weight excluding hydrogens is 250 g/mol. The quantitative estimate of drug-likeness (QED) is 0.897. The van der Waals surface area contributed by atoms with Gasteiger partial charge in [0.1, 0.15) is 11.6 Å². The van der Waals surface area contributed by atoms with E-state index in [4.69, 9.17) is 4.74 Å². The van der Waals surface area contributed by atoms with Crippen LogP contribution in [0.15, 0.2) is 30.5 Å². The monoisotopic (exact) mass is 271 g/mol. The van der Waals surface area contributed by atoms with Gasteiger partial charge in [-0.1, -0.05) is 0 Å². The molecule has 1 saturated heterocycles. The van der Waals surface area contributed by atoms with Crippen LogP contribution in [0.4, 0.5) is 0 Å². The van der Waals surface area contributed by atoms with Crippen LogP contribution in [0, 0.1) is 0 Å². The topological polar surface area (TPSA) is 49.9 Å². The molecule has 0 bridgehead atoms. The SMILES string of the molecule is CC(C)Oc1ccc(-c2ncc(C3CCCN3)[nH]2)cc1. The van der Waals surface area contributed by atoms with Gasteiger partial charge in [-0.25, -0.2) is 4.98 Å².